The van der Waals surface area contributed by atoms with Crippen molar-refractivity contribution in [2.75, 3.05) is 25.1 Å². The predicted molar refractivity (Wildman–Crippen MR) is 86.0 cm³/mol. The Kier molecular flexibility index (Phi) is 6.26. The van der Waals surface area contributed by atoms with Crippen LogP contribution in [0.4, 0.5) is 5.69 Å². The Bertz CT molecular complexity index is 617. The van der Waals surface area contributed by atoms with E-state index in [-0.39, 0.29) is 6.61 Å². The third kappa shape index (κ3) is 6.27. The Morgan fingerprint density at radius 2 is 1.78 bits per heavy atom. The van der Waals surface area contributed by atoms with Gasteiger partial charge in [-0.3, -0.25) is 0 Å². The summed E-state index contributed by atoms with van der Waals surface area (Å²) in [5.74, 6) is 0.125. The Balaban J connectivity index is 1.76. The fourth-order valence-electron chi connectivity index (χ4n) is 1.84. The van der Waals surface area contributed by atoms with Crippen molar-refractivity contribution in [1.29, 1.82) is 0 Å². The molecule has 0 saturated heterocycles. The van der Waals surface area contributed by atoms with Crippen molar-refractivity contribution < 1.29 is 24.5 Å². The smallest absolute Gasteiger partial charge is 0.341 e. The summed E-state index contributed by atoms with van der Waals surface area (Å²) in [5.41, 5.74) is 0.728. The number of nitrogens with one attached hydrogen (secondary N) is 1. The number of anilines is 1. The van der Waals surface area contributed by atoms with Crippen molar-refractivity contribution in [1.82, 2.24) is 0 Å². The Morgan fingerprint density at radius 1 is 1.04 bits per heavy atom. The number of aliphatic hydroxyl groups is 1. The van der Waals surface area contributed by atoms with Crippen LogP contribution in [0.5, 0.6) is 11.5 Å². The number of carboxylic acid groups (broad SMARTS) is 1. The maximum atomic E-state index is 10.5. The van der Waals surface area contributed by atoms with E-state index in [1.165, 1.54) is 0 Å². The first-order valence-corrected chi connectivity index (χ1v) is 7.18. The van der Waals surface area contributed by atoms with Gasteiger partial charge in [-0.15, -0.1) is 0 Å². The highest BCUT2D eigenvalue weighted by Crippen LogP contribution is 2.17. The highest BCUT2D eigenvalue weighted by atomic mass is 16.5. The first-order valence-electron chi connectivity index (χ1n) is 7.18. The van der Waals surface area contributed by atoms with E-state index in [4.69, 9.17) is 14.6 Å². The number of carbonyl (C=O) groups is 1. The van der Waals surface area contributed by atoms with Crippen LogP contribution < -0.4 is 14.8 Å². The van der Waals surface area contributed by atoms with Crippen LogP contribution in [0.2, 0.25) is 0 Å². The molecule has 2 aromatic rings. The van der Waals surface area contributed by atoms with E-state index in [9.17, 15) is 9.90 Å². The lowest BCUT2D eigenvalue weighted by atomic mass is 10.3. The van der Waals surface area contributed by atoms with Crippen LogP contribution in [0.3, 0.4) is 0 Å². The largest absolute Gasteiger partial charge is 0.491 e. The molecule has 2 aromatic carbocycles. The van der Waals surface area contributed by atoms with Crippen LogP contribution >= 0.6 is 0 Å². The number of benzene rings is 2. The molecule has 0 spiro atoms. The zero-order valence-electron chi connectivity index (χ0n) is 12.5. The Morgan fingerprint density at radius 3 is 2.52 bits per heavy atom. The average molecular weight is 317 g/mol. The molecule has 0 aromatic heterocycles. The Hall–Kier alpha value is -2.73. The lowest BCUT2D eigenvalue weighted by molar-refractivity contribution is -0.139. The monoisotopic (exact) mass is 317 g/mol. The van der Waals surface area contributed by atoms with Gasteiger partial charge in [0.25, 0.3) is 0 Å². The number of hydrogen-bond acceptors (Lipinski definition) is 5. The average Bonchev–Trinajstić information content (AvgIpc) is 2.57. The molecule has 0 aliphatic rings. The van der Waals surface area contributed by atoms with Crippen molar-refractivity contribution in [3.05, 3.63) is 54.6 Å². The van der Waals surface area contributed by atoms with Gasteiger partial charge in [0, 0.05) is 18.3 Å². The van der Waals surface area contributed by atoms with E-state index in [2.05, 4.69) is 5.32 Å². The summed E-state index contributed by atoms with van der Waals surface area (Å²) in [6, 6.07) is 16.2. The molecule has 1 unspecified atom stereocenters. The third-order valence-corrected chi connectivity index (χ3v) is 2.92. The molecule has 0 fully saturated rings. The van der Waals surface area contributed by atoms with Gasteiger partial charge in [0.15, 0.2) is 6.61 Å². The van der Waals surface area contributed by atoms with Gasteiger partial charge in [-0.05, 0) is 24.3 Å². The molecule has 0 heterocycles. The van der Waals surface area contributed by atoms with Crippen molar-refractivity contribution in [3.8, 4) is 11.5 Å². The standard InChI is InChI=1S/C17H19NO5/c19-14(11-22-15-6-2-1-3-7-15)10-18-13-5-4-8-16(9-13)23-12-17(20)21/h1-9,14,18-19H,10-12H2,(H,20,21). The lowest BCUT2D eigenvalue weighted by Gasteiger charge is -2.14. The molecule has 6 nitrogen and oxygen atoms in total. The minimum Gasteiger partial charge on any atom is -0.491 e. The van der Waals surface area contributed by atoms with E-state index in [0.29, 0.717) is 18.0 Å². The second-order valence-corrected chi connectivity index (χ2v) is 4.87. The highest BCUT2D eigenvalue weighted by Gasteiger charge is 2.06. The molecule has 0 aliphatic heterocycles. The number of rotatable bonds is 9. The number of hydrogen-bond donors (Lipinski definition) is 3. The van der Waals surface area contributed by atoms with Gasteiger partial charge < -0.3 is 25.0 Å². The molecular formula is C17H19NO5. The zero-order chi connectivity index (χ0) is 16.5. The SMILES string of the molecule is O=C(O)COc1cccc(NCC(O)COc2ccccc2)c1. The summed E-state index contributed by atoms with van der Waals surface area (Å²) in [4.78, 5) is 10.5. The van der Waals surface area contributed by atoms with Crippen LogP contribution in [0.25, 0.3) is 0 Å². The van der Waals surface area contributed by atoms with Crippen molar-refractivity contribution in [2.45, 2.75) is 6.10 Å². The van der Waals surface area contributed by atoms with Crippen LogP contribution in [-0.4, -0.2) is 42.0 Å². The van der Waals surface area contributed by atoms with E-state index in [1.54, 1.807) is 24.3 Å². The first-order chi connectivity index (χ1) is 11.1. The molecule has 0 bridgehead atoms. The molecule has 6 heteroatoms. The van der Waals surface area contributed by atoms with Gasteiger partial charge in [-0.2, -0.15) is 0 Å². The van der Waals surface area contributed by atoms with Gasteiger partial charge in [0.2, 0.25) is 0 Å². The maximum Gasteiger partial charge on any atom is 0.341 e. The van der Waals surface area contributed by atoms with E-state index in [0.717, 1.165) is 5.69 Å². The highest BCUT2D eigenvalue weighted by molar-refractivity contribution is 5.68. The number of ether oxygens (including phenoxy) is 2. The van der Waals surface area contributed by atoms with Gasteiger partial charge >= 0.3 is 5.97 Å². The summed E-state index contributed by atoms with van der Waals surface area (Å²) >= 11 is 0. The third-order valence-electron chi connectivity index (χ3n) is 2.92. The Labute approximate surface area is 134 Å². The van der Waals surface area contributed by atoms with Crippen LogP contribution in [-0.2, 0) is 4.79 Å². The molecule has 23 heavy (non-hydrogen) atoms. The lowest BCUT2D eigenvalue weighted by Crippen LogP contribution is -2.26. The summed E-state index contributed by atoms with van der Waals surface area (Å²) in [5, 5.41) is 21.6. The molecule has 2 rings (SSSR count). The number of aliphatic carboxylic acids is 1. The van der Waals surface area contributed by atoms with E-state index < -0.39 is 18.7 Å². The second-order valence-electron chi connectivity index (χ2n) is 4.87. The van der Waals surface area contributed by atoms with Crippen LogP contribution in [0.1, 0.15) is 0 Å². The van der Waals surface area contributed by atoms with Gasteiger partial charge in [-0.25, -0.2) is 4.79 Å². The van der Waals surface area contributed by atoms with E-state index in [1.807, 2.05) is 30.3 Å². The van der Waals surface area contributed by atoms with Gasteiger partial charge in [0.05, 0.1) is 0 Å². The number of carboxylic acids is 1. The molecule has 122 valence electrons. The fourth-order valence-corrected chi connectivity index (χ4v) is 1.84. The zero-order valence-corrected chi connectivity index (χ0v) is 12.5. The fraction of sp³-hybridized carbons (Fsp3) is 0.235. The van der Waals surface area contributed by atoms with E-state index >= 15 is 0 Å². The van der Waals surface area contributed by atoms with Crippen LogP contribution in [0, 0.1) is 0 Å². The molecule has 0 radical (unpaired) electrons. The van der Waals surface area contributed by atoms with Gasteiger partial charge in [-0.1, -0.05) is 24.3 Å². The quantitative estimate of drug-likeness (QED) is 0.655. The number of para-hydroxylation sites is 1. The summed E-state index contributed by atoms with van der Waals surface area (Å²) in [6.07, 6.45) is -0.682. The second kappa shape index (κ2) is 8.65. The molecular weight excluding hydrogens is 298 g/mol. The topological polar surface area (TPSA) is 88.0 Å². The van der Waals surface area contributed by atoms with Crippen molar-refractivity contribution in [2.24, 2.45) is 0 Å². The van der Waals surface area contributed by atoms with Crippen molar-refractivity contribution in [3.63, 3.8) is 0 Å². The first kappa shape index (κ1) is 16.6. The molecule has 0 amide bonds. The predicted octanol–water partition coefficient (Wildman–Crippen LogP) is 2.00. The summed E-state index contributed by atoms with van der Waals surface area (Å²) in [7, 11) is 0. The van der Waals surface area contributed by atoms with Crippen molar-refractivity contribution >= 4 is 11.7 Å². The minimum atomic E-state index is -1.03. The van der Waals surface area contributed by atoms with Gasteiger partial charge in [0.1, 0.15) is 24.2 Å². The normalized spacial score (nSPS) is 11.5. The molecule has 1 atom stereocenters. The molecule has 3 N–H and O–H groups in total. The maximum absolute atomic E-state index is 10.5. The number of aliphatic hydroxyl groups excluding tert-OH is 1. The summed E-state index contributed by atoms with van der Waals surface area (Å²) in [6.45, 7) is 0.0818. The van der Waals surface area contributed by atoms with Crippen LogP contribution in [0.15, 0.2) is 54.6 Å². The molecule has 0 aliphatic carbocycles. The molecule has 0 saturated carbocycles. The minimum absolute atomic E-state index is 0.173. The summed E-state index contributed by atoms with van der Waals surface area (Å²) < 4.78 is 10.6.